The molecule has 0 saturated heterocycles. The van der Waals surface area contributed by atoms with Gasteiger partial charge in [-0.2, -0.15) is 0 Å². The van der Waals surface area contributed by atoms with Crippen molar-refractivity contribution in [3.8, 4) is 0 Å². The minimum atomic E-state index is -1.03. The molecule has 1 N–H and O–H groups in total. The molecule has 24 heavy (non-hydrogen) atoms. The average molecular weight is 327 g/mol. The van der Waals surface area contributed by atoms with Crippen LogP contribution >= 0.6 is 0 Å². The van der Waals surface area contributed by atoms with Gasteiger partial charge in [0.15, 0.2) is 0 Å². The second-order valence-corrected chi connectivity index (χ2v) is 7.24. The minimum absolute atomic E-state index is 0.0134. The molecule has 0 aliphatic carbocycles. The Hall–Kier alpha value is -1.87. The lowest BCUT2D eigenvalue weighted by atomic mass is 9.85. The number of fused-ring (bicyclic) bond motifs is 1. The van der Waals surface area contributed by atoms with Crippen molar-refractivity contribution in [2.45, 2.75) is 65.6 Å². The molecule has 0 spiro atoms. The zero-order valence-corrected chi connectivity index (χ0v) is 15.6. The van der Waals surface area contributed by atoms with Gasteiger partial charge in [0, 0.05) is 12.1 Å². The van der Waals surface area contributed by atoms with Crippen molar-refractivity contribution in [2.75, 3.05) is 0 Å². The van der Waals surface area contributed by atoms with E-state index in [9.17, 15) is 9.90 Å². The summed E-state index contributed by atoms with van der Waals surface area (Å²) >= 11 is 0. The summed E-state index contributed by atoms with van der Waals surface area (Å²) in [4.78, 5) is 15.3. The monoisotopic (exact) mass is 327 g/mol. The summed E-state index contributed by atoms with van der Waals surface area (Å²) in [7, 11) is 0. The van der Waals surface area contributed by atoms with Crippen LogP contribution in [0.5, 0.6) is 0 Å². The first-order chi connectivity index (χ1) is 11.2. The van der Waals surface area contributed by atoms with Crippen LogP contribution in [0.4, 0.5) is 0 Å². The van der Waals surface area contributed by atoms with Crippen LogP contribution in [0.1, 0.15) is 63.9 Å². The molecule has 1 unspecified atom stereocenters. The summed E-state index contributed by atoms with van der Waals surface area (Å²) in [5.74, 6) is -0.0134. The van der Waals surface area contributed by atoms with E-state index in [1.807, 2.05) is 75.9 Å². The number of rotatable bonds is 5. The summed E-state index contributed by atoms with van der Waals surface area (Å²) in [6.45, 7) is 11.8. The quantitative estimate of drug-likeness (QED) is 0.863. The fraction of sp³-hybridized carbons (Fsp3) is 0.476. The van der Waals surface area contributed by atoms with Crippen molar-refractivity contribution in [2.24, 2.45) is 0 Å². The standard InChI is InChI=1S/C21H29NO2/c1-7-21(6,24)18-13-12-16-10-8-9-11-17(16)19(18)20(23)22(14(2)3)15(4)5/h8-15,24H,7H2,1-6H3. The van der Waals surface area contributed by atoms with Gasteiger partial charge in [0.25, 0.3) is 5.91 Å². The Bertz CT molecular complexity index is 724. The van der Waals surface area contributed by atoms with Gasteiger partial charge in [-0.05, 0) is 57.4 Å². The molecular formula is C21H29NO2. The minimum Gasteiger partial charge on any atom is -0.385 e. The van der Waals surface area contributed by atoms with Crippen LogP contribution in [0.25, 0.3) is 10.8 Å². The molecule has 1 atom stereocenters. The van der Waals surface area contributed by atoms with E-state index in [4.69, 9.17) is 0 Å². The van der Waals surface area contributed by atoms with Crippen LogP contribution in [0.3, 0.4) is 0 Å². The first-order valence-electron chi connectivity index (χ1n) is 8.78. The summed E-state index contributed by atoms with van der Waals surface area (Å²) in [5, 5.41) is 12.8. The third kappa shape index (κ3) is 3.32. The molecule has 0 aromatic heterocycles. The normalized spacial score (nSPS) is 14.2. The summed E-state index contributed by atoms with van der Waals surface area (Å²) in [6.07, 6.45) is 0.551. The van der Waals surface area contributed by atoms with Crippen molar-refractivity contribution in [3.63, 3.8) is 0 Å². The molecule has 2 aromatic rings. The van der Waals surface area contributed by atoms with Gasteiger partial charge in [-0.3, -0.25) is 4.79 Å². The maximum atomic E-state index is 13.4. The highest BCUT2D eigenvalue weighted by Gasteiger charge is 2.31. The zero-order chi connectivity index (χ0) is 18.1. The van der Waals surface area contributed by atoms with E-state index in [1.165, 1.54) is 0 Å². The van der Waals surface area contributed by atoms with Gasteiger partial charge in [-0.15, -0.1) is 0 Å². The van der Waals surface area contributed by atoms with Gasteiger partial charge in [-0.25, -0.2) is 0 Å². The molecule has 2 rings (SSSR count). The Morgan fingerprint density at radius 3 is 2.21 bits per heavy atom. The largest absolute Gasteiger partial charge is 0.385 e. The van der Waals surface area contributed by atoms with E-state index in [2.05, 4.69) is 0 Å². The average Bonchev–Trinajstić information content (AvgIpc) is 2.52. The number of nitrogens with zero attached hydrogens (tertiary/aromatic N) is 1. The lowest BCUT2D eigenvalue weighted by Crippen LogP contribution is -2.43. The molecule has 3 heteroatoms. The molecule has 2 aromatic carbocycles. The highest BCUT2D eigenvalue weighted by atomic mass is 16.3. The zero-order valence-electron chi connectivity index (χ0n) is 15.6. The van der Waals surface area contributed by atoms with Crippen LogP contribution in [-0.2, 0) is 5.60 Å². The Morgan fingerprint density at radius 2 is 1.67 bits per heavy atom. The number of hydrogen-bond donors (Lipinski definition) is 1. The predicted molar refractivity (Wildman–Crippen MR) is 100 cm³/mol. The van der Waals surface area contributed by atoms with Crippen LogP contribution in [0.15, 0.2) is 36.4 Å². The summed E-state index contributed by atoms with van der Waals surface area (Å²) in [5.41, 5.74) is 0.302. The second-order valence-electron chi connectivity index (χ2n) is 7.24. The highest BCUT2D eigenvalue weighted by Crippen LogP contribution is 2.33. The van der Waals surface area contributed by atoms with Crippen molar-refractivity contribution in [3.05, 3.63) is 47.5 Å². The fourth-order valence-electron chi connectivity index (χ4n) is 3.34. The number of amides is 1. The SMILES string of the molecule is CCC(C)(O)c1ccc2ccccc2c1C(=O)N(C(C)C)C(C)C. The molecule has 0 fully saturated rings. The van der Waals surface area contributed by atoms with Gasteiger partial charge in [0.05, 0.1) is 11.2 Å². The first kappa shape index (κ1) is 18.5. The maximum Gasteiger partial charge on any atom is 0.255 e. The number of carbonyl (C=O) groups is 1. The Kier molecular flexibility index (Phi) is 5.34. The van der Waals surface area contributed by atoms with Gasteiger partial charge < -0.3 is 10.0 Å². The summed E-state index contributed by atoms with van der Waals surface area (Å²) < 4.78 is 0. The van der Waals surface area contributed by atoms with Crippen molar-refractivity contribution >= 4 is 16.7 Å². The van der Waals surface area contributed by atoms with Crippen molar-refractivity contribution in [1.29, 1.82) is 0 Å². The molecule has 3 nitrogen and oxygen atoms in total. The molecule has 1 amide bonds. The van der Waals surface area contributed by atoms with Gasteiger partial charge >= 0.3 is 0 Å². The smallest absolute Gasteiger partial charge is 0.255 e. The highest BCUT2D eigenvalue weighted by molar-refractivity contribution is 6.08. The Balaban J connectivity index is 2.78. The van der Waals surface area contributed by atoms with E-state index in [1.54, 1.807) is 6.92 Å². The maximum absolute atomic E-state index is 13.4. The third-order valence-corrected chi connectivity index (χ3v) is 4.76. The first-order valence-corrected chi connectivity index (χ1v) is 8.78. The van der Waals surface area contributed by atoms with E-state index >= 15 is 0 Å². The number of benzene rings is 2. The molecular weight excluding hydrogens is 298 g/mol. The number of hydrogen-bond acceptors (Lipinski definition) is 2. The van der Waals surface area contributed by atoms with Gasteiger partial charge in [0.1, 0.15) is 0 Å². The molecule has 130 valence electrons. The molecule has 0 heterocycles. The van der Waals surface area contributed by atoms with Crippen LogP contribution < -0.4 is 0 Å². The topological polar surface area (TPSA) is 40.5 Å². The van der Waals surface area contributed by atoms with Crippen molar-refractivity contribution < 1.29 is 9.90 Å². The number of carbonyl (C=O) groups excluding carboxylic acids is 1. The summed E-state index contributed by atoms with van der Waals surface area (Å²) in [6, 6.07) is 12.0. The Labute approximate surface area is 145 Å². The van der Waals surface area contributed by atoms with Gasteiger partial charge in [0.2, 0.25) is 0 Å². The number of aliphatic hydroxyl groups is 1. The van der Waals surface area contributed by atoms with E-state index in [-0.39, 0.29) is 18.0 Å². The lowest BCUT2D eigenvalue weighted by Gasteiger charge is -2.34. The molecule has 0 aliphatic heterocycles. The lowest BCUT2D eigenvalue weighted by molar-refractivity contribution is 0.0476. The van der Waals surface area contributed by atoms with E-state index < -0.39 is 5.60 Å². The second kappa shape index (κ2) is 6.94. The van der Waals surface area contributed by atoms with E-state index in [0.717, 1.165) is 10.8 Å². The predicted octanol–water partition coefficient (Wildman–Crippen LogP) is 4.72. The van der Waals surface area contributed by atoms with Gasteiger partial charge in [-0.1, -0.05) is 43.3 Å². The third-order valence-electron chi connectivity index (χ3n) is 4.76. The fourth-order valence-corrected chi connectivity index (χ4v) is 3.34. The molecule has 0 aliphatic rings. The van der Waals surface area contributed by atoms with Crippen molar-refractivity contribution in [1.82, 2.24) is 4.90 Å². The molecule has 0 bridgehead atoms. The van der Waals surface area contributed by atoms with Crippen LogP contribution in [-0.4, -0.2) is 28.0 Å². The van der Waals surface area contributed by atoms with Crippen LogP contribution in [0, 0.1) is 0 Å². The Morgan fingerprint density at radius 1 is 1.08 bits per heavy atom. The molecule has 0 radical (unpaired) electrons. The molecule has 0 saturated carbocycles. The van der Waals surface area contributed by atoms with Crippen LogP contribution in [0.2, 0.25) is 0 Å². The van der Waals surface area contributed by atoms with E-state index in [0.29, 0.717) is 17.5 Å².